The van der Waals surface area contributed by atoms with Gasteiger partial charge in [-0.2, -0.15) is 7.82 Å². The molecular formula is CaClMgNaO4P+. The first-order valence-corrected chi connectivity index (χ1v) is 2.19. The SMILES string of the molecule is O=P([O-])([O-])[O-].[Ca+2].[Cl-].[Mg+2].[Na+]. The molecule has 0 spiro atoms. The second kappa shape index (κ2) is 14.0. The number of rotatable bonds is 0. The van der Waals surface area contributed by atoms with E-state index in [1.54, 1.807) is 0 Å². The van der Waals surface area contributed by atoms with E-state index in [-0.39, 0.29) is 103 Å². The van der Waals surface area contributed by atoms with Crippen molar-refractivity contribution < 1.29 is 61.2 Å². The second-order valence-electron chi connectivity index (χ2n) is 0.447. The van der Waals surface area contributed by atoms with Crippen LogP contribution in [0.4, 0.5) is 0 Å². The summed E-state index contributed by atoms with van der Waals surface area (Å²) in [4.78, 5) is 25.6. The van der Waals surface area contributed by atoms with E-state index in [1.165, 1.54) is 0 Å². The average Bonchev–Trinajstić information content (AvgIpc) is 0.722. The third-order valence-corrected chi connectivity index (χ3v) is 0. The van der Waals surface area contributed by atoms with E-state index in [4.69, 9.17) is 19.2 Å². The molecule has 0 aromatic heterocycles. The van der Waals surface area contributed by atoms with Crippen molar-refractivity contribution in [2.24, 2.45) is 0 Å². The molecule has 0 unspecified atom stereocenters. The third kappa shape index (κ3) is 86.5. The van der Waals surface area contributed by atoms with Gasteiger partial charge in [-0.25, -0.2) is 0 Å². The van der Waals surface area contributed by atoms with Gasteiger partial charge in [-0.1, -0.05) is 0 Å². The summed E-state index contributed by atoms with van der Waals surface area (Å²) < 4.78 is 8.55. The van der Waals surface area contributed by atoms with Gasteiger partial charge < -0.3 is 31.7 Å². The Morgan fingerprint density at radius 2 is 1.11 bits per heavy atom. The fourth-order valence-corrected chi connectivity index (χ4v) is 0. The molecule has 0 radical (unpaired) electrons. The molecule has 0 aromatic carbocycles. The predicted octanol–water partition coefficient (Wildman–Crippen LogP) is -9.58. The van der Waals surface area contributed by atoms with Crippen LogP contribution in [0.5, 0.6) is 0 Å². The van der Waals surface area contributed by atoms with E-state index in [9.17, 15) is 0 Å². The first kappa shape index (κ1) is 29.4. The van der Waals surface area contributed by atoms with Crippen molar-refractivity contribution in [3.05, 3.63) is 0 Å². The van der Waals surface area contributed by atoms with Gasteiger partial charge in [0, 0.05) is 0 Å². The van der Waals surface area contributed by atoms with Crippen LogP contribution in [0.25, 0.3) is 0 Å². The summed E-state index contributed by atoms with van der Waals surface area (Å²) in [6.45, 7) is 0. The molecule has 0 aliphatic heterocycles. The van der Waals surface area contributed by atoms with Gasteiger partial charge in [-0.3, -0.25) is 0 Å². The molecule has 0 fully saturated rings. The maximum Gasteiger partial charge on any atom is 2.00 e. The number of hydrogen-bond acceptors (Lipinski definition) is 4. The van der Waals surface area contributed by atoms with Gasteiger partial charge in [0.15, 0.2) is 0 Å². The monoisotopic (exact) mass is 217 g/mol. The van der Waals surface area contributed by atoms with Crippen molar-refractivity contribution in [2.75, 3.05) is 0 Å². The maximum absolute atomic E-state index is 8.55. The maximum atomic E-state index is 8.55. The number of hydrogen-bond donors (Lipinski definition) is 0. The smallest absolute Gasteiger partial charge is 1.00 e. The Hall–Kier alpha value is 3.43. The quantitative estimate of drug-likeness (QED) is 0.298. The third-order valence-electron chi connectivity index (χ3n) is 0. The number of halogens is 1. The van der Waals surface area contributed by atoms with Crippen molar-refractivity contribution in [1.82, 2.24) is 0 Å². The minimum absolute atomic E-state index is 0. The standard InChI is InChI=1S/Ca.ClH.Mg.Na.H3O4P/c;;;;1-5(2,3)4/h;1H;;;(H3,1,2,3,4)/q+2;;+2;+1;/p-4. The normalized spacial score (nSPS) is 6.56. The summed E-state index contributed by atoms with van der Waals surface area (Å²) in [5.41, 5.74) is 0. The van der Waals surface area contributed by atoms with E-state index in [0.717, 1.165) is 0 Å². The first-order chi connectivity index (χ1) is 2.00. The topological polar surface area (TPSA) is 86.2 Å². The van der Waals surface area contributed by atoms with E-state index in [1.807, 2.05) is 0 Å². The Morgan fingerprint density at radius 3 is 1.11 bits per heavy atom. The molecule has 0 heterocycles. The van der Waals surface area contributed by atoms with Crippen molar-refractivity contribution in [3.63, 3.8) is 0 Å². The van der Waals surface area contributed by atoms with E-state index in [0.29, 0.717) is 0 Å². The van der Waals surface area contributed by atoms with Crippen molar-refractivity contribution in [3.8, 4) is 0 Å². The summed E-state index contributed by atoms with van der Waals surface area (Å²) in [5, 5.41) is 0. The summed E-state index contributed by atoms with van der Waals surface area (Å²) >= 11 is 0. The Kier molecular flexibility index (Phi) is 45.7. The van der Waals surface area contributed by atoms with E-state index < -0.39 is 7.82 Å². The van der Waals surface area contributed by atoms with Crippen LogP contribution in [0, 0.1) is 0 Å². The zero-order valence-corrected chi connectivity index (χ0v) is 12.1. The molecule has 0 aliphatic carbocycles. The summed E-state index contributed by atoms with van der Waals surface area (Å²) in [6, 6.07) is 0. The second-order valence-corrected chi connectivity index (χ2v) is 1.34. The Morgan fingerprint density at radius 1 is 1.11 bits per heavy atom. The fraction of sp³-hybridized carbons (Fsp3) is 0. The van der Waals surface area contributed by atoms with Crippen LogP contribution in [-0.4, -0.2) is 60.8 Å². The minimum atomic E-state index is -5.39. The molecule has 0 atom stereocenters. The van der Waals surface area contributed by atoms with Crippen LogP contribution < -0.4 is 56.6 Å². The fourth-order valence-electron chi connectivity index (χ4n) is 0. The zero-order chi connectivity index (χ0) is 4.50. The molecule has 0 saturated heterocycles. The minimum Gasteiger partial charge on any atom is -1.00 e. The van der Waals surface area contributed by atoms with Crippen LogP contribution in [-0.2, 0) is 4.57 Å². The van der Waals surface area contributed by atoms with Gasteiger partial charge in [-0.15, -0.1) is 0 Å². The van der Waals surface area contributed by atoms with Gasteiger partial charge in [0.25, 0.3) is 0 Å². The molecule has 4 nitrogen and oxygen atoms in total. The molecule has 0 saturated carbocycles. The van der Waals surface area contributed by atoms with Gasteiger partial charge in [0.2, 0.25) is 0 Å². The number of phosphoric acid groups is 1. The Balaban J connectivity index is -0.0000000133. The van der Waals surface area contributed by atoms with Gasteiger partial charge in [0.1, 0.15) is 0 Å². The van der Waals surface area contributed by atoms with Crippen LogP contribution in [0.1, 0.15) is 0 Å². The summed E-state index contributed by atoms with van der Waals surface area (Å²) in [6.07, 6.45) is 0. The first-order valence-electron chi connectivity index (χ1n) is 0.730. The summed E-state index contributed by atoms with van der Waals surface area (Å²) in [5.74, 6) is 0. The van der Waals surface area contributed by atoms with Gasteiger partial charge in [-0.05, 0) is 0 Å². The molecule has 0 N–H and O–H groups in total. The van der Waals surface area contributed by atoms with Crippen molar-refractivity contribution >= 4 is 68.6 Å². The van der Waals surface area contributed by atoms with E-state index >= 15 is 0 Å². The molecule has 40 valence electrons. The predicted molar refractivity (Wildman–Crippen MR) is 19.1 cm³/mol. The van der Waals surface area contributed by atoms with Crippen LogP contribution in [0.2, 0.25) is 0 Å². The van der Waals surface area contributed by atoms with E-state index in [2.05, 4.69) is 0 Å². The molecule has 0 amide bonds. The molecule has 0 bridgehead atoms. The zero-order valence-electron chi connectivity index (χ0n) is 4.87. The van der Waals surface area contributed by atoms with Crippen LogP contribution in [0.15, 0.2) is 0 Å². The largest absolute Gasteiger partial charge is 2.00 e. The molecule has 0 aliphatic rings. The van der Waals surface area contributed by atoms with Gasteiger partial charge in [0.05, 0.1) is 0 Å². The average molecular weight is 218 g/mol. The summed E-state index contributed by atoms with van der Waals surface area (Å²) in [7, 11) is -5.39. The Labute approximate surface area is 127 Å². The van der Waals surface area contributed by atoms with Crippen LogP contribution in [0.3, 0.4) is 0 Å². The molecular weight excluding hydrogens is 218 g/mol. The molecule has 9 heavy (non-hydrogen) atoms. The van der Waals surface area contributed by atoms with Crippen LogP contribution >= 0.6 is 7.82 Å². The van der Waals surface area contributed by atoms with Crippen molar-refractivity contribution in [2.45, 2.75) is 0 Å². The molecule has 0 aromatic rings. The molecule has 0 rings (SSSR count). The van der Waals surface area contributed by atoms with Crippen molar-refractivity contribution in [1.29, 1.82) is 0 Å². The Bertz CT molecular complexity index is 66.7. The molecule has 9 heteroatoms. The van der Waals surface area contributed by atoms with Gasteiger partial charge >= 0.3 is 90.3 Å².